The maximum absolute atomic E-state index is 12.8. The lowest BCUT2D eigenvalue weighted by Gasteiger charge is -2.29. The van der Waals surface area contributed by atoms with Crippen LogP contribution in [0.4, 0.5) is 18.9 Å². The van der Waals surface area contributed by atoms with Crippen LogP contribution in [0.15, 0.2) is 24.3 Å². The van der Waals surface area contributed by atoms with Crippen LogP contribution in [0.5, 0.6) is 5.75 Å². The number of halogens is 3. The highest BCUT2D eigenvalue weighted by Gasteiger charge is 2.43. The van der Waals surface area contributed by atoms with Gasteiger partial charge in [-0.2, -0.15) is 13.2 Å². The van der Waals surface area contributed by atoms with E-state index in [2.05, 4.69) is 5.32 Å². The van der Waals surface area contributed by atoms with Gasteiger partial charge in [-0.3, -0.25) is 4.79 Å². The van der Waals surface area contributed by atoms with Crippen molar-refractivity contribution in [1.82, 2.24) is 0 Å². The summed E-state index contributed by atoms with van der Waals surface area (Å²) in [5.74, 6) is -1.69. The summed E-state index contributed by atoms with van der Waals surface area (Å²) in [6.45, 7) is 0.799. The molecular formula is C16H21F3N2O2. The molecule has 0 aliphatic heterocycles. The molecule has 7 heteroatoms. The first-order valence-electron chi connectivity index (χ1n) is 7.70. The lowest BCUT2D eigenvalue weighted by atomic mass is 9.80. The van der Waals surface area contributed by atoms with E-state index in [4.69, 9.17) is 10.5 Å². The Morgan fingerprint density at radius 1 is 1.26 bits per heavy atom. The molecule has 1 aromatic rings. The topological polar surface area (TPSA) is 64.3 Å². The highest BCUT2D eigenvalue weighted by molar-refractivity contribution is 5.92. The van der Waals surface area contributed by atoms with Crippen LogP contribution in [0, 0.1) is 11.8 Å². The van der Waals surface area contributed by atoms with Gasteiger partial charge in [0.1, 0.15) is 12.4 Å². The fourth-order valence-corrected chi connectivity index (χ4v) is 2.78. The molecule has 1 amide bonds. The highest BCUT2D eigenvalue weighted by atomic mass is 19.4. The summed E-state index contributed by atoms with van der Waals surface area (Å²) in [4.78, 5) is 12.2. The minimum atomic E-state index is -4.22. The lowest BCUT2D eigenvalue weighted by Crippen LogP contribution is -2.34. The quantitative estimate of drug-likeness (QED) is 0.870. The van der Waals surface area contributed by atoms with E-state index < -0.39 is 18.0 Å². The monoisotopic (exact) mass is 330 g/mol. The van der Waals surface area contributed by atoms with Gasteiger partial charge in [0.15, 0.2) is 0 Å². The SMILES string of the molecule is NCCOc1ccc(NC(=O)C2CCCC(C(F)(F)F)C2)cc1. The van der Waals surface area contributed by atoms with Gasteiger partial charge in [0.05, 0.1) is 5.92 Å². The molecule has 0 aromatic heterocycles. The number of carbonyl (C=O) groups is 1. The number of nitrogens with one attached hydrogen (secondary N) is 1. The highest BCUT2D eigenvalue weighted by Crippen LogP contribution is 2.40. The first-order chi connectivity index (χ1) is 10.9. The zero-order valence-corrected chi connectivity index (χ0v) is 12.7. The number of hydrogen-bond acceptors (Lipinski definition) is 3. The number of benzene rings is 1. The number of amides is 1. The van der Waals surface area contributed by atoms with Gasteiger partial charge in [0.25, 0.3) is 0 Å². The maximum Gasteiger partial charge on any atom is 0.391 e. The third-order valence-electron chi connectivity index (χ3n) is 4.02. The van der Waals surface area contributed by atoms with Crippen molar-refractivity contribution in [3.05, 3.63) is 24.3 Å². The summed E-state index contributed by atoms with van der Waals surface area (Å²) in [6.07, 6.45) is -3.32. The van der Waals surface area contributed by atoms with E-state index >= 15 is 0 Å². The second-order valence-electron chi connectivity index (χ2n) is 5.75. The Bertz CT molecular complexity index is 517. The number of hydrogen-bond donors (Lipinski definition) is 2. The van der Waals surface area contributed by atoms with Crippen LogP contribution in [0.3, 0.4) is 0 Å². The van der Waals surface area contributed by atoms with Crippen LogP contribution in [-0.4, -0.2) is 25.2 Å². The van der Waals surface area contributed by atoms with E-state index in [1.165, 1.54) is 0 Å². The van der Waals surface area contributed by atoms with E-state index in [0.717, 1.165) is 0 Å². The Morgan fingerprint density at radius 2 is 1.96 bits per heavy atom. The molecule has 3 N–H and O–H groups in total. The van der Waals surface area contributed by atoms with Crippen molar-refractivity contribution in [3.63, 3.8) is 0 Å². The zero-order valence-electron chi connectivity index (χ0n) is 12.7. The van der Waals surface area contributed by atoms with Crippen molar-refractivity contribution >= 4 is 11.6 Å². The fourth-order valence-electron chi connectivity index (χ4n) is 2.78. The Morgan fingerprint density at radius 3 is 2.57 bits per heavy atom. The number of anilines is 1. The number of rotatable bonds is 5. The lowest BCUT2D eigenvalue weighted by molar-refractivity contribution is -0.185. The normalized spacial score (nSPS) is 21.7. The van der Waals surface area contributed by atoms with Gasteiger partial charge >= 0.3 is 6.18 Å². The Balaban J connectivity index is 1.91. The molecule has 128 valence electrons. The molecule has 1 aromatic carbocycles. The first kappa shape index (κ1) is 17.6. The van der Waals surface area contributed by atoms with E-state index in [9.17, 15) is 18.0 Å². The average Bonchev–Trinajstić information content (AvgIpc) is 2.53. The van der Waals surface area contributed by atoms with E-state index in [-0.39, 0.29) is 18.7 Å². The summed E-state index contributed by atoms with van der Waals surface area (Å²) < 4.78 is 43.7. The molecular weight excluding hydrogens is 309 g/mol. The number of ether oxygens (including phenoxy) is 1. The number of alkyl halides is 3. The summed E-state index contributed by atoms with van der Waals surface area (Å²) in [5.41, 5.74) is 5.88. The van der Waals surface area contributed by atoms with Crippen molar-refractivity contribution in [2.24, 2.45) is 17.6 Å². The second kappa shape index (κ2) is 7.68. The minimum Gasteiger partial charge on any atom is -0.492 e. The van der Waals surface area contributed by atoms with E-state index in [1.54, 1.807) is 24.3 Å². The van der Waals surface area contributed by atoms with E-state index in [1.807, 2.05) is 0 Å². The van der Waals surface area contributed by atoms with E-state index in [0.29, 0.717) is 37.4 Å². The van der Waals surface area contributed by atoms with Crippen LogP contribution in [0.1, 0.15) is 25.7 Å². The molecule has 2 rings (SSSR count). The summed E-state index contributed by atoms with van der Waals surface area (Å²) in [7, 11) is 0. The van der Waals surface area contributed by atoms with Gasteiger partial charge in [0, 0.05) is 18.2 Å². The van der Waals surface area contributed by atoms with Gasteiger partial charge in [-0.1, -0.05) is 6.42 Å². The molecule has 1 saturated carbocycles. The van der Waals surface area contributed by atoms with Crippen LogP contribution >= 0.6 is 0 Å². The van der Waals surface area contributed by atoms with Crippen molar-refractivity contribution < 1.29 is 22.7 Å². The first-order valence-corrected chi connectivity index (χ1v) is 7.70. The van der Waals surface area contributed by atoms with Gasteiger partial charge in [-0.05, 0) is 43.5 Å². The molecule has 0 spiro atoms. The molecule has 23 heavy (non-hydrogen) atoms. The molecule has 2 atom stereocenters. The molecule has 0 radical (unpaired) electrons. The average molecular weight is 330 g/mol. The molecule has 0 heterocycles. The molecule has 1 aliphatic carbocycles. The fraction of sp³-hybridized carbons (Fsp3) is 0.562. The van der Waals surface area contributed by atoms with Crippen molar-refractivity contribution in [2.75, 3.05) is 18.5 Å². The molecule has 2 unspecified atom stereocenters. The molecule has 1 fully saturated rings. The van der Waals surface area contributed by atoms with Crippen molar-refractivity contribution in [3.8, 4) is 5.75 Å². The minimum absolute atomic E-state index is 0.112. The number of nitrogens with two attached hydrogens (primary N) is 1. The maximum atomic E-state index is 12.8. The van der Waals surface area contributed by atoms with Gasteiger partial charge in [0.2, 0.25) is 5.91 Å². The Labute approximate surface area is 133 Å². The Kier molecular flexibility index (Phi) is 5.87. The molecule has 4 nitrogen and oxygen atoms in total. The van der Waals surface area contributed by atoms with Crippen LogP contribution in [0.25, 0.3) is 0 Å². The second-order valence-corrected chi connectivity index (χ2v) is 5.75. The van der Waals surface area contributed by atoms with Crippen molar-refractivity contribution in [2.45, 2.75) is 31.9 Å². The Hall–Kier alpha value is -1.76. The predicted octanol–water partition coefficient (Wildman–Crippen LogP) is 3.33. The summed E-state index contributed by atoms with van der Waals surface area (Å²) in [6, 6.07) is 6.69. The van der Waals surface area contributed by atoms with Gasteiger partial charge < -0.3 is 15.8 Å². The predicted molar refractivity (Wildman–Crippen MR) is 81.1 cm³/mol. The number of carbonyl (C=O) groups excluding carboxylic acids is 1. The summed E-state index contributed by atoms with van der Waals surface area (Å²) >= 11 is 0. The largest absolute Gasteiger partial charge is 0.492 e. The third kappa shape index (κ3) is 5.13. The standard InChI is InChI=1S/C16H21F3N2O2/c17-16(18,19)12-3-1-2-11(10-12)15(22)21-13-4-6-14(7-5-13)23-9-8-20/h4-7,11-12H,1-3,8-10,20H2,(H,21,22). The molecule has 0 saturated heterocycles. The van der Waals surface area contributed by atoms with Crippen LogP contribution in [-0.2, 0) is 4.79 Å². The van der Waals surface area contributed by atoms with Crippen LogP contribution < -0.4 is 15.8 Å². The third-order valence-corrected chi connectivity index (χ3v) is 4.02. The van der Waals surface area contributed by atoms with Crippen molar-refractivity contribution in [1.29, 1.82) is 0 Å². The zero-order chi connectivity index (χ0) is 16.9. The molecule has 1 aliphatic rings. The summed E-state index contributed by atoms with van der Waals surface area (Å²) in [5, 5.41) is 2.68. The van der Waals surface area contributed by atoms with Crippen LogP contribution in [0.2, 0.25) is 0 Å². The smallest absolute Gasteiger partial charge is 0.391 e. The molecule has 0 bridgehead atoms. The van der Waals surface area contributed by atoms with Gasteiger partial charge in [-0.25, -0.2) is 0 Å². The van der Waals surface area contributed by atoms with Gasteiger partial charge in [-0.15, -0.1) is 0 Å².